The Morgan fingerprint density at radius 1 is 1.32 bits per heavy atom. The van der Waals surface area contributed by atoms with Crippen LogP contribution in [0.5, 0.6) is 0 Å². The summed E-state index contributed by atoms with van der Waals surface area (Å²) in [7, 11) is 0. The molecule has 1 saturated carbocycles. The lowest BCUT2D eigenvalue weighted by Gasteiger charge is -2.60. The molecule has 1 aromatic carbocycles. The minimum Gasteiger partial charge on any atom is -0.380 e. The second kappa shape index (κ2) is 5.02. The van der Waals surface area contributed by atoms with Crippen LogP contribution in [0.15, 0.2) is 29.2 Å². The van der Waals surface area contributed by atoms with Crippen LogP contribution in [0.4, 0.5) is 5.69 Å². The lowest BCUT2D eigenvalue weighted by Crippen LogP contribution is -2.67. The summed E-state index contributed by atoms with van der Waals surface area (Å²) in [6.45, 7) is 5.61. The summed E-state index contributed by atoms with van der Waals surface area (Å²) in [5, 5.41) is 3.79. The van der Waals surface area contributed by atoms with E-state index in [1.54, 1.807) is 0 Å². The molecule has 3 atom stereocenters. The van der Waals surface area contributed by atoms with Gasteiger partial charge in [0.1, 0.15) is 0 Å². The van der Waals surface area contributed by atoms with Crippen molar-refractivity contribution in [3.8, 4) is 0 Å². The Morgan fingerprint density at radius 2 is 2.11 bits per heavy atom. The smallest absolute Gasteiger partial charge is 0.0693 e. The molecule has 0 radical (unpaired) electrons. The monoisotopic (exact) mass is 277 g/mol. The Morgan fingerprint density at radius 3 is 2.89 bits per heavy atom. The number of para-hydroxylation sites is 1. The van der Waals surface area contributed by atoms with Gasteiger partial charge in [0.2, 0.25) is 0 Å². The molecule has 1 aromatic rings. The number of nitrogens with one attached hydrogen (secondary N) is 1. The van der Waals surface area contributed by atoms with Crippen LogP contribution in [0.1, 0.15) is 26.7 Å². The van der Waals surface area contributed by atoms with Gasteiger partial charge in [-0.25, -0.2) is 0 Å². The number of fused-ring (bicyclic) bond motifs is 1. The van der Waals surface area contributed by atoms with E-state index in [4.69, 9.17) is 4.74 Å². The van der Waals surface area contributed by atoms with Crippen molar-refractivity contribution in [2.75, 3.05) is 18.2 Å². The molecule has 1 N–H and O–H groups in total. The van der Waals surface area contributed by atoms with Crippen molar-refractivity contribution >= 4 is 17.4 Å². The average molecular weight is 277 g/mol. The molecule has 0 amide bonds. The van der Waals surface area contributed by atoms with Crippen LogP contribution in [0.3, 0.4) is 0 Å². The number of hydrogen-bond donors (Lipinski definition) is 1. The molecule has 1 aliphatic carbocycles. The first-order chi connectivity index (χ1) is 9.14. The van der Waals surface area contributed by atoms with E-state index in [0.717, 1.165) is 6.61 Å². The van der Waals surface area contributed by atoms with E-state index in [9.17, 15) is 0 Å². The van der Waals surface area contributed by atoms with Gasteiger partial charge >= 0.3 is 0 Å². The summed E-state index contributed by atoms with van der Waals surface area (Å²) in [5.41, 5.74) is 1.51. The zero-order valence-electron chi connectivity index (χ0n) is 12.0. The molecule has 1 saturated heterocycles. The number of benzene rings is 1. The van der Waals surface area contributed by atoms with E-state index < -0.39 is 0 Å². The molecule has 2 fully saturated rings. The van der Waals surface area contributed by atoms with Gasteiger partial charge in [0, 0.05) is 34.6 Å². The highest BCUT2D eigenvalue weighted by Gasteiger charge is 2.57. The molecular weight excluding hydrogens is 254 g/mol. The number of thioether (sulfide) groups is 1. The maximum atomic E-state index is 5.97. The Labute approximate surface area is 120 Å². The van der Waals surface area contributed by atoms with E-state index in [0.29, 0.717) is 18.1 Å². The van der Waals surface area contributed by atoms with Crippen molar-refractivity contribution in [1.82, 2.24) is 0 Å². The predicted molar refractivity (Wildman–Crippen MR) is 81.9 cm³/mol. The highest BCUT2D eigenvalue weighted by Crippen LogP contribution is 2.52. The number of hydrogen-bond acceptors (Lipinski definition) is 3. The fourth-order valence-electron chi connectivity index (χ4n) is 3.75. The summed E-state index contributed by atoms with van der Waals surface area (Å²) in [6, 6.07) is 9.14. The molecule has 0 aromatic heterocycles. The zero-order valence-corrected chi connectivity index (χ0v) is 12.8. The highest BCUT2D eigenvalue weighted by molar-refractivity contribution is 7.98. The minimum absolute atomic E-state index is 0.233. The number of ether oxygens (including phenoxy) is 1. The van der Waals surface area contributed by atoms with E-state index in [1.807, 2.05) is 11.8 Å². The molecule has 0 bridgehead atoms. The molecule has 1 aliphatic heterocycles. The fourth-order valence-corrected chi connectivity index (χ4v) is 4.31. The molecular formula is C16H23NOS. The van der Waals surface area contributed by atoms with Gasteiger partial charge in [-0.1, -0.05) is 26.0 Å². The first-order valence-corrected chi connectivity index (χ1v) is 8.38. The van der Waals surface area contributed by atoms with Gasteiger partial charge in [0.05, 0.1) is 6.10 Å². The Balaban J connectivity index is 1.79. The van der Waals surface area contributed by atoms with Gasteiger partial charge in [-0.3, -0.25) is 0 Å². The van der Waals surface area contributed by atoms with E-state index >= 15 is 0 Å². The third kappa shape index (κ3) is 2.17. The van der Waals surface area contributed by atoms with Crippen molar-refractivity contribution in [1.29, 1.82) is 0 Å². The van der Waals surface area contributed by atoms with Gasteiger partial charge < -0.3 is 10.1 Å². The van der Waals surface area contributed by atoms with Gasteiger partial charge in [0.25, 0.3) is 0 Å². The van der Waals surface area contributed by atoms with Crippen LogP contribution >= 0.6 is 11.8 Å². The molecule has 104 valence electrons. The van der Waals surface area contributed by atoms with E-state index in [2.05, 4.69) is 49.7 Å². The summed E-state index contributed by atoms with van der Waals surface area (Å²) in [4.78, 5) is 1.33. The molecule has 2 aliphatic rings. The second-order valence-corrected chi connectivity index (χ2v) is 7.09. The summed E-state index contributed by atoms with van der Waals surface area (Å²) >= 11 is 1.81. The maximum absolute atomic E-state index is 5.97. The van der Waals surface area contributed by atoms with Crippen molar-refractivity contribution in [3.05, 3.63) is 24.3 Å². The number of anilines is 1. The summed E-state index contributed by atoms with van der Waals surface area (Å²) in [5.74, 6) is 0.679. The first-order valence-electron chi connectivity index (χ1n) is 7.16. The second-order valence-electron chi connectivity index (χ2n) is 6.24. The SMILES string of the molecule is CSc1ccccc1NC1C2CCCOC2C1(C)C. The third-order valence-corrected chi connectivity index (χ3v) is 5.54. The topological polar surface area (TPSA) is 21.3 Å². The van der Waals surface area contributed by atoms with Gasteiger partial charge in [-0.05, 0) is 31.2 Å². The molecule has 1 heterocycles. The van der Waals surface area contributed by atoms with Crippen molar-refractivity contribution in [2.24, 2.45) is 11.3 Å². The van der Waals surface area contributed by atoms with Crippen LogP contribution in [0.2, 0.25) is 0 Å². The summed E-state index contributed by atoms with van der Waals surface area (Å²) in [6.07, 6.45) is 5.09. The molecule has 0 spiro atoms. The first kappa shape index (κ1) is 13.3. The number of rotatable bonds is 3. The quantitative estimate of drug-likeness (QED) is 0.843. The largest absolute Gasteiger partial charge is 0.380 e. The van der Waals surface area contributed by atoms with Crippen LogP contribution < -0.4 is 5.32 Å². The lowest BCUT2D eigenvalue weighted by molar-refractivity contribution is -0.177. The standard InChI is InChI=1S/C16H23NOS/c1-16(2)14(11-7-6-10-18-15(11)16)17-12-8-4-5-9-13(12)19-3/h4-5,8-9,11,14-15,17H,6-7,10H2,1-3H3. The average Bonchev–Trinajstić information content (AvgIpc) is 2.45. The molecule has 3 unspecified atom stereocenters. The maximum Gasteiger partial charge on any atom is 0.0693 e. The van der Waals surface area contributed by atoms with Gasteiger partial charge in [-0.2, -0.15) is 0 Å². The third-order valence-electron chi connectivity index (χ3n) is 4.75. The highest BCUT2D eigenvalue weighted by atomic mass is 32.2. The van der Waals surface area contributed by atoms with Crippen molar-refractivity contribution in [3.63, 3.8) is 0 Å². The Kier molecular flexibility index (Phi) is 3.52. The lowest BCUT2D eigenvalue weighted by atomic mass is 9.55. The normalized spacial score (nSPS) is 32.3. The predicted octanol–water partition coefficient (Wildman–Crippen LogP) is 4.02. The minimum atomic E-state index is 0.233. The van der Waals surface area contributed by atoms with Crippen LogP contribution in [0, 0.1) is 11.3 Å². The van der Waals surface area contributed by atoms with Gasteiger partial charge in [0.15, 0.2) is 0 Å². The zero-order chi connectivity index (χ0) is 13.5. The van der Waals surface area contributed by atoms with E-state index in [-0.39, 0.29) is 5.41 Å². The van der Waals surface area contributed by atoms with Gasteiger partial charge in [-0.15, -0.1) is 11.8 Å². The molecule has 3 heteroatoms. The van der Waals surface area contributed by atoms with Crippen molar-refractivity contribution < 1.29 is 4.74 Å². The van der Waals surface area contributed by atoms with Crippen LogP contribution in [-0.4, -0.2) is 25.0 Å². The summed E-state index contributed by atoms with van der Waals surface area (Å²) < 4.78 is 5.97. The van der Waals surface area contributed by atoms with Crippen molar-refractivity contribution in [2.45, 2.75) is 43.7 Å². The van der Waals surface area contributed by atoms with E-state index in [1.165, 1.54) is 23.4 Å². The fraction of sp³-hybridized carbons (Fsp3) is 0.625. The Bertz CT molecular complexity index is 460. The van der Waals surface area contributed by atoms with Crippen LogP contribution in [0.25, 0.3) is 0 Å². The molecule has 2 nitrogen and oxygen atoms in total. The molecule has 3 rings (SSSR count). The Hall–Kier alpha value is -0.670. The molecule has 19 heavy (non-hydrogen) atoms. The van der Waals surface area contributed by atoms with Crippen LogP contribution in [-0.2, 0) is 4.74 Å².